The number of unbranched alkanes of at least 4 members (excludes halogenated alkanes) is 1. The second kappa shape index (κ2) is 9.23. The fourth-order valence-electron chi connectivity index (χ4n) is 0.705. The van der Waals surface area contributed by atoms with E-state index in [4.69, 9.17) is 10.2 Å². The Labute approximate surface area is 80.4 Å². The van der Waals surface area contributed by atoms with Crippen molar-refractivity contribution in [2.75, 3.05) is 6.54 Å². The van der Waals surface area contributed by atoms with Crippen molar-refractivity contribution in [1.29, 1.82) is 0 Å². The van der Waals surface area contributed by atoms with Crippen molar-refractivity contribution in [1.82, 2.24) is 0 Å². The molecule has 0 aromatic heterocycles. The van der Waals surface area contributed by atoms with Gasteiger partial charge in [0.1, 0.15) is 10.5 Å². The highest BCUT2D eigenvalue weighted by molar-refractivity contribution is 5.98. The summed E-state index contributed by atoms with van der Waals surface area (Å²) < 4.78 is 5.38. The van der Waals surface area contributed by atoms with Crippen LogP contribution < -0.4 is 5.73 Å². The van der Waals surface area contributed by atoms with E-state index in [9.17, 15) is 0 Å². The van der Waals surface area contributed by atoms with Crippen LogP contribution in [-0.4, -0.2) is 22.6 Å². The van der Waals surface area contributed by atoms with Gasteiger partial charge in [0.2, 0.25) is 0 Å². The van der Waals surface area contributed by atoms with Crippen LogP contribution in [0.4, 0.5) is 0 Å². The Balaban J connectivity index is 0. The van der Waals surface area contributed by atoms with Gasteiger partial charge in [-0.05, 0) is 26.8 Å². The zero-order valence-corrected chi connectivity index (χ0v) is 11.3. The highest BCUT2D eigenvalue weighted by Crippen LogP contribution is 2.15. The predicted octanol–water partition coefficient (Wildman–Crippen LogP) is 1.22. The summed E-state index contributed by atoms with van der Waals surface area (Å²) in [5, 5.41) is 0. The molecule has 0 aromatic carbocycles. The molecule has 0 atom stereocenters. The molecule has 0 heterocycles. The number of nitrogens with two attached hydrogens (primary N) is 1. The average molecular weight is 191 g/mol. The second-order valence-corrected chi connectivity index (χ2v) is 3.88. The molecule has 76 valence electrons. The normalized spacial score (nSPS) is 10.8. The first-order valence-corrected chi connectivity index (χ1v) is 5.60. The summed E-state index contributed by atoms with van der Waals surface area (Å²) in [5.74, 6) is 0. The van der Waals surface area contributed by atoms with Crippen LogP contribution >= 0.6 is 0 Å². The molecule has 0 unspecified atom stereocenters. The summed E-state index contributed by atoms with van der Waals surface area (Å²) in [6.45, 7) is 9.19. The van der Waals surface area contributed by atoms with E-state index in [0.29, 0.717) is 0 Å². The summed E-state index contributed by atoms with van der Waals surface area (Å²) in [5.41, 5.74) is 5.00. The summed E-state index contributed by atoms with van der Waals surface area (Å²) in [6, 6.07) is 0. The largest absolute Gasteiger partial charge is 0.423 e. The van der Waals surface area contributed by atoms with Gasteiger partial charge in [-0.1, -0.05) is 26.7 Å². The minimum atomic E-state index is 0.155. The average Bonchev–Trinajstić information content (AvgIpc) is 2.03. The van der Waals surface area contributed by atoms with Crippen LogP contribution in [0.5, 0.6) is 0 Å². The summed E-state index contributed by atoms with van der Waals surface area (Å²) in [4.78, 5) is 0. The molecule has 0 saturated carbocycles. The molecule has 0 amide bonds. The van der Waals surface area contributed by atoms with Crippen molar-refractivity contribution in [2.24, 2.45) is 5.73 Å². The van der Waals surface area contributed by atoms with E-state index in [1.165, 1.54) is 19.3 Å². The molecule has 0 aromatic rings. The molecule has 0 spiro atoms. The lowest BCUT2D eigenvalue weighted by molar-refractivity contribution is 0.110. The fraction of sp³-hybridized carbons (Fsp3) is 1.00. The topological polar surface area (TPSA) is 35.2 Å². The molecule has 2 N–H and O–H groups in total. The maximum Gasteiger partial charge on any atom is 0.146 e. The molecule has 3 heteroatoms. The molecule has 0 saturated heterocycles. The lowest BCUT2D eigenvalue weighted by atomic mass is 10.0. The van der Waals surface area contributed by atoms with Crippen molar-refractivity contribution in [3.8, 4) is 0 Å². The molecule has 0 aliphatic rings. The fourth-order valence-corrected chi connectivity index (χ4v) is 0.909. The first-order valence-electron chi connectivity index (χ1n) is 4.79. The molecule has 0 radical (unpaired) electrons. The van der Waals surface area contributed by atoms with Crippen LogP contribution in [0.15, 0.2) is 0 Å². The third kappa shape index (κ3) is 12.8. The molecule has 0 aliphatic heterocycles. The van der Waals surface area contributed by atoms with Crippen molar-refractivity contribution in [2.45, 2.75) is 52.6 Å². The van der Waals surface area contributed by atoms with E-state index in [1.54, 1.807) is 0 Å². The van der Waals surface area contributed by atoms with E-state index in [1.807, 2.05) is 6.92 Å². The standard InChI is InChI=1S/C7H18OSi.C2H7N/c1-4-5-6-7(2,3)8-9;1-2-3/h4-6H2,1-3,9H3;2-3H2,1H3. The Morgan fingerprint density at radius 1 is 1.33 bits per heavy atom. The summed E-state index contributed by atoms with van der Waals surface area (Å²) in [6.07, 6.45) is 3.76. The minimum Gasteiger partial charge on any atom is -0.423 e. The van der Waals surface area contributed by atoms with Gasteiger partial charge in [-0.25, -0.2) is 0 Å². The van der Waals surface area contributed by atoms with Crippen molar-refractivity contribution >= 4 is 10.5 Å². The van der Waals surface area contributed by atoms with Crippen molar-refractivity contribution in [3.63, 3.8) is 0 Å². The quantitative estimate of drug-likeness (QED) is 0.678. The van der Waals surface area contributed by atoms with E-state index >= 15 is 0 Å². The molecular weight excluding hydrogens is 166 g/mol. The number of hydrogen-bond donors (Lipinski definition) is 1. The van der Waals surface area contributed by atoms with Crippen LogP contribution in [0.3, 0.4) is 0 Å². The van der Waals surface area contributed by atoms with Gasteiger partial charge in [0.25, 0.3) is 0 Å². The highest BCUT2D eigenvalue weighted by Gasteiger charge is 2.13. The molecule has 0 rings (SSSR count). The summed E-state index contributed by atoms with van der Waals surface area (Å²) in [7, 11) is 0.864. The van der Waals surface area contributed by atoms with E-state index < -0.39 is 0 Å². The van der Waals surface area contributed by atoms with Crippen molar-refractivity contribution in [3.05, 3.63) is 0 Å². The molecule has 0 fully saturated rings. The van der Waals surface area contributed by atoms with E-state index in [0.717, 1.165) is 17.0 Å². The Morgan fingerprint density at radius 3 is 2.00 bits per heavy atom. The summed E-state index contributed by atoms with van der Waals surface area (Å²) >= 11 is 0. The zero-order chi connectivity index (χ0) is 10.0. The zero-order valence-electron chi connectivity index (χ0n) is 9.31. The Morgan fingerprint density at radius 2 is 1.75 bits per heavy atom. The number of rotatable bonds is 4. The van der Waals surface area contributed by atoms with Gasteiger partial charge < -0.3 is 10.2 Å². The third-order valence-corrected chi connectivity index (χ3v) is 2.79. The van der Waals surface area contributed by atoms with Gasteiger partial charge in [0, 0.05) is 5.60 Å². The Kier molecular flexibility index (Phi) is 11.3. The maximum absolute atomic E-state index is 5.38. The Hall–Kier alpha value is 0.137. The highest BCUT2D eigenvalue weighted by atomic mass is 28.2. The van der Waals surface area contributed by atoms with Gasteiger partial charge in [-0.15, -0.1) is 0 Å². The van der Waals surface area contributed by atoms with Gasteiger partial charge in [0.05, 0.1) is 0 Å². The first-order chi connectivity index (χ1) is 5.54. The van der Waals surface area contributed by atoms with Crippen molar-refractivity contribution < 1.29 is 4.43 Å². The molecular formula is C9H25NOSi. The van der Waals surface area contributed by atoms with Gasteiger partial charge >= 0.3 is 0 Å². The SMILES string of the molecule is CCCCC(C)(C)O[SiH3].CCN. The van der Waals surface area contributed by atoms with E-state index in [2.05, 4.69) is 20.8 Å². The smallest absolute Gasteiger partial charge is 0.146 e. The van der Waals surface area contributed by atoms with E-state index in [-0.39, 0.29) is 5.60 Å². The molecule has 0 aliphatic carbocycles. The van der Waals surface area contributed by atoms with Crippen LogP contribution in [-0.2, 0) is 4.43 Å². The first kappa shape index (κ1) is 14.6. The molecule has 0 bridgehead atoms. The molecule has 12 heavy (non-hydrogen) atoms. The van der Waals surface area contributed by atoms with Gasteiger partial charge in [0.15, 0.2) is 0 Å². The van der Waals surface area contributed by atoms with Gasteiger partial charge in [-0.3, -0.25) is 0 Å². The van der Waals surface area contributed by atoms with Crippen LogP contribution in [0.25, 0.3) is 0 Å². The van der Waals surface area contributed by atoms with Crippen LogP contribution in [0.1, 0.15) is 47.0 Å². The maximum atomic E-state index is 5.38. The monoisotopic (exact) mass is 191 g/mol. The lowest BCUT2D eigenvalue weighted by Gasteiger charge is -2.22. The lowest BCUT2D eigenvalue weighted by Crippen LogP contribution is -2.22. The van der Waals surface area contributed by atoms with Gasteiger partial charge in [-0.2, -0.15) is 0 Å². The second-order valence-electron chi connectivity index (χ2n) is 3.48. The predicted molar refractivity (Wildman–Crippen MR) is 59.4 cm³/mol. The number of hydrogen-bond acceptors (Lipinski definition) is 2. The third-order valence-electron chi connectivity index (χ3n) is 1.68. The minimum absolute atomic E-state index is 0.155. The van der Waals surface area contributed by atoms with Crippen LogP contribution in [0.2, 0.25) is 0 Å². The molecule has 2 nitrogen and oxygen atoms in total. The Bertz CT molecular complexity index is 86.6. The van der Waals surface area contributed by atoms with Crippen LogP contribution in [0, 0.1) is 0 Å².